The first kappa shape index (κ1) is 18.3. The Morgan fingerprint density at radius 1 is 1.04 bits per heavy atom. The molecule has 1 saturated heterocycles. The summed E-state index contributed by atoms with van der Waals surface area (Å²) in [5.41, 5.74) is 2.13. The number of benzene rings is 2. The summed E-state index contributed by atoms with van der Waals surface area (Å²) in [5.74, 6) is 1.78. The van der Waals surface area contributed by atoms with Crippen molar-refractivity contribution in [2.45, 2.75) is 6.92 Å². The maximum Gasteiger partial charge on any atom is 0.173 e. The van der Waals surface area contributed by atoms with Crippen LogP contribution >= 0.6 is 12.2 Å². The van der Waals surface area contributed by atoms with Gasteiger partial charge in [0.1, 0.15) is 11.5 Å². The molecule has 0 saturated carbocycles. The standard InChI is InChI=1S/C20H25N3O2S/c1-3-25-19-7-5-4-6-18(19)22-12-14-23(15-13-22)20(26)21-16-8-10-17(24-2)11-9-16/h4-11H,3,12-15H2,1-2H3,(H,21,26). The van der Waals surface area contributed by atoms with Gasteiger partial charge in [-0.15, -0.1) is 0 Å². The second-order valence-corrected chi connectivity index (χ2v) is 6.42. The first-order chi connectivity index (χ1) is 12.7. The van der Waals surface area contributed by atoms with Gasteiger partial charge >= 0.3 is 0 Å². The number of nitrogens with zero attached hydrogens (tertiary/aromatic N) is 2. The van der Waals surface area contributed by atoms with Crippen LogP contribution in [0.3, 0.4) is 0 Å². The molecule has 2 aromatic carbocycles. The van der Waals surface area contributed by atoms with Crippen molar-refractivity contribution in [1.82, 2.24) is 4.90 Å². The molecule has 1 N–H and O–H groups in total. The molecule has 2 aromatic rings. The molecule has 0 unspecified atom stereocenters. The summed E-state index contributed by atoms with van der Waals surface area (Å²) in [5, 5.41) is 4.07. The van der Waals surface area contributed by atoms with Crippen molar-refractivity contribution in [3.8, 4) is 11.5 Å². The number of para-hydroxylation sites is 2. The van der Waals surface area contributed by atoms with Gasteiger partial charge in [-0.2, -0.15) is 0 Å². The highest BCUT2D eigenvalue weighted by molar-refractivity contribution is 7.80. The second-order valence-electron chi connectivity index (χ2n) is 6.03. The van der Waals surface area contributed by atoms with Crippen LogP contribution in [-0.4, -0.2) is 49.9 Å². The van der Waals surface area contributed by atoms with E-state index in [-0.39, 0.29) is 0 Å². The molecule has 26 heavy (non-hydrogen) atoms. The highest BCUT2D eigenvalue weighted by Crippen LogP contribution is 2.29. The molecule has 1 aliphatic rings. The van der Waals surface area contributed by atoms with Crippen LogP contribution in [-0.2, 0) is 0 Å². The monoisotopic (exact) mass is 371 g/mol. The average molecular weight is 372 g/mol. The second kappa shape index (κ2) is 8.76. The summed E-state index contributed by atoms with van der Waals surface area (Å²) >= 11 is 5.58. The van der Waals surface area contributed by atoms with Crippen LogP contribution in [0.25, 0.3) is 0 Å². The number of ether oxygens (including phenoxy) is 2. The number of rotatable bonds is 5. The predicted molar refractivity (Wildman–Crippen MR) is 111 cm³/mol. The smallest absolute Gasteiger partial charge is 0.173 e. The zero-order valence-electron chi connectivity index (χ0n) is 15.3. The lowest BCUT2D eigenvalue weighted by Crippen LogP contribution is -2.50. The van der Waals surface area contributed by atoms with Gasteiger partial charge in [0, 0.05) is 31.9 Å². The van der Waals surface area contributed by atoms with E-state index < -0.39 is 0 Å². The van der Waals surface area contributed by atoms with Gasteiger partial charge in [-0.25, -0.2) is 0 Å². The molecule has 0 spiro atoms. The molecule has 1 heterocycles. The van der Waals surface area contributed by atoms with E-state index in [9.17, 15) is 0 Å². The molecule has 0 bridgehead atoms. The number of nitrogens with one attached hydrogen (secondary N) is 1. The van der Waals surface area contributed by atoms with E-state index >= 15 is 0 Å². The van der Waals surface area contributed by atoms with Crippen LogP contribution in [0.4, 0.5) is 11.4 Å². The Kier molecular flexibility index (Phi) is 6.17. The van der Waals surface area contributed by atoms with E-state index in [0.717, 1.165) is 54.2 Å². The molecule has 1 fully saturated rings. The Morgan fingerprint density at radius 3 is 2.38 bits per heavy atom. The summed E-state index contributed by atoms with van der Waals surface area (Å²) in [6.07, 6.45) is 0. The number of hydrogen-bond acceptors (Lipinski definition) is 4. The number of thiocarbonyl (C=S) groups is 1. The van der Waals surface area contributed by atoms with Crippen molar-refractivity contribution in [1.29, 1.82) is 0 Å². The van der Waals surface area contributed by atoms with Crippen molar-refractivity contribution >= 4 is 28.7 Å². The molecule has 0 amide bonds. The molecule has 1 aliphatic heterocycles. The summed E-state index contributed by atoms with van der Waals surface area (Å²) in [6.45, 7) is 6.26. The van der Waals surface area contributed by atoms with Crippen LogP contribution in [0, 0.1) is 0 Å². The Balaban J connectivity index is 1.57. The largest absolute Gasteiger partial charge is 0.497 e. The fourth-order valence-corrected chi connectivity index (χ4v) is 3.32. The molecular formula is C20H25N3O2S. The van der Waals surface area contributed by atoms with Crippen LogP contribution in [0.5, 0.6) is 11.5 Å². The fourth-order valence-electron chi connectivity index (χ4n) is 3.02. The lowest BCUT2D eigenvalue weighted by Gasteiger charge is -2.38. The fraction of sp³-hybridized carbons (Fsp3) is 0.350. The van der Waals surface area contributed by atoms with Gasteiger partial charge in [-0.3, -0.25) is 0 Å². The molecular weight excluding hydrogens is 346 g/mol. The van der Waals surface area contributed by atoms with Crippen LogP contribution in [0.1, 0.15) is 6.92 Å². The lowest BCUT2D eigenvalue weighted by molar-refractivity contribution is 0.336. The zero-order chi connectivity index (χ0) is 18.4. The average Bonchev–Trinajstić information content (AvgIpc) is 2.69. The maximum atomic E-state index is 5.76. The maximum absolute atomic E-state index is 5.76. The summed E-state index contributed by atoms with van der Waals surface area (Å²) in [4.78, 5) is 4.57. The lowest BCUT2D eigenvalue weighted by atomic mass is 10.2. The van der Waals surface area contributed by atoms with Gasteiger partial charge in [0.15, 0.2) is 5.11 Å². The van der Waals surface area contributed by atoms with Crippen LogP contribution in [0.15, 0.2) is 48.5 Å². The summed E-state index contributed by atoms with van der Waals surface area (Å²) < 4.78 is 10.9. The summed E-state index contributed by atoms with van der Waals surface area (Å²) in [7, 11) is 1.66. The third-order valence-corrected chi connectivity index (χ3v) is 4.77. The quantitative estimate of drug-likeness (QED) is 0.809. The minimum atomic E-state index is 0.673. The van der Waals surface area contributed by atoms with Crippen LogP contribution in [0.2, 0.25) is 0 Å². The third-order valence-electron chi connectivity index (χ3n) is 4.41. The minimum Gasteiger partial charge on any atom is -0.497 e. The van der Waals surface area contributed by atoms with Gasteiger partial charge in [0.2, 0.25) is 0 Å². The van der Waals surface area contributed by atoms with Gasteiger partial charge < -0.3 is 24.6 Å². The molecule has 3 rings (SSSR count). The van der Waals surface area contributed by atoms with E-state index in [1.165, 1.54) is 0 Å². The molecule has 5 nitrogen and oxygen atoms in total. The minimum absolute atomic E-state index is 0.673. The molecule has 0 atom stereocenters. The summed E-state index contributed by atoms with van der Waals surface area (Å²) in [6, 6.07) is 16.0. The Bertz CT molecular complexity index is 728. The van der Waals surface area contributed by atoms with Gasteiger partial charge in [-0.1, -0.05) is 12.1 Å². The highest BCUT2D eigenvalue weighted by atomic mass is 32.1. The third kappa shape index (κ3) is 4.38. The van der Waals surface area contributed by atoms with Crippen molar-refractivity contribution in [2.75, 3.05) is 50.1 Å². The zero-order valence-corrected chi connectivity index (χ0v) is 16.1. The van der Waals surface area contributed by atoms with Crippen molar-refractivity contribution < 1.29 is 9.47 Å². The van der Waals surface area contributed by atoms with E-state index in [2.05, 4.69) is 27.2 Å². The molecule has 0 aliphatic carbocycles. The van der Waals surface area contributed by atoms with E-state index in [0.29, 0.717) is 6.61 Å². The van der Waals surface area contributed by atoms with Crippen LogP contribution < -0.4 is 19.7 Å². The first-order valence-corrected chi connectivity index (χ1v) is 9.29. The molecule has 6 heteroatoms. The van der Waals surface area contributed by atoms with Gasteiger partial charge in [-0.05, 0) is 55.5 Å². The first-order valence-electron chi connectivity index (χ1n) is 8.88. The van der Waals surface area contributed by atoms with E-state index in [1.807, 2.05) is 43.3 Å². The van der Waals surface area contributed by atoms with Crippen molar-refractivity contribution in [3.05, 3.63) is 48.5 Å². The molecule has 0 radical (unpaired) electrons. The topological polar surface area (TPSA) is 37.0 Å². The number of hydrogen-bond donors (Lipinski definition) is 1. The van der Waals surface area contributed by atoms with Gasteiger partial charge in [0.25, 0.3) is 0 Å². The van der Waals surface area contributed by atoms with E-state index in [1.54, 1.807) is 7.11 Å². The Hall–Kier alpha value is -2.47. The Morgan fingerprint density at radius 2 is 1.73 bits per heavy atom. The highest BCUT2D eigenvalue weighted by Gasteiger charge is 2.21. The van der Waals surface area contributed by atoms with E-state index in [4.69, 9.17) is 21.7 Å². The number of anilines is 2. The normalized spacial score (nSPS) is 14.1. The van der Waals surface area contributed by atoms with Gasteiger partial charge in [0.05, 0.1) is 19.4 Å². The number of piperazine rings is 1. The molecule has 0 aromatic heterocycles. The molecule has 138 valence electrons. The van der Waals surface area contributed by atoms with Crippen molar-refractivity contribution in [3.63, 3.8) is 0 Å². The number of methoxy groups -OCH3 is 1. The predicted octanol–water partition coefficient (Wildman–Crippen LogP) is 3.61. The SMILES string of the molecule is CCOc1ccccc1N1CCN(C(=S)Nc2ccc(OC)cc2)CC1. The van der Waals surface area contributed by atoms with Crippen molar-refractivity contribution in [2.24, 2.45) is 0 Å². The Labute approximate surface area is 160 Å².